The van der Waals surface area contributed by atoms with Gasteiger partial charge in [-0.1, -0.05) is 19.1 Å². The molecule has 0 radical (unpaired) electrons. The molecule has 3 N–H and O–H groups in total. The first-order chi connectivity index (χ1) is 6.24. The van der Waals surface area contributed by atoms with Gasteiger partial charge in [-0.25, -0.2) is 0 Å². The Balaban J connectivity index is 2.64. The molecule has 2 nitrogen and oxygen atoms in total. The van der Waals surface area contributed by atoms with Crippen molar-refractivity contribution in [2.75, 3.05) is 5.75 Å². The number of benzene rings is 1. The van der Waals surface area contributed by atoms with Gasteiger partial charge in [0.25, 0.3) is 0 Å². The van der Waals surface area contributed by atoms with E-state index in [0.29, 0.717) is 0 Å². The Morgan fingerprint density at radius 3 is 2.46 bits per heavy atom. The lowest BCUT2D eigenvalue weighted by atomic mass is 10.2. The third-order valence-corrected chi connectivity index (χ3v) is 2.86. The Hall–Kier alpha value is -0.960. The summed E-state index contributed by atoms with van der Waals surface area (Å²) < 4.78 is 0. The van der Waals surface area contributed by atoms with Crippen LogP contribution in [0.4, 0.5) is 0 Å². The number of hydrogen-bond donors (Lipinski definition) is 2. The maximum absolute atomic E-state index is 7.21. The van der Waals surface area contributed by atoms with Crippen molar-refractivity contribution < 1.29 is 0 Å². The van der Waals surface area contributed by atoms with Crippen molar-refractivity contribution in [3.63, 3.8) is 0 Å². The van der Waals surface area contributed by atoms with Crippen LogP contribution in [-0.2, 0) is 0 Å². The van der Waals surface area contributed by atoms with Gasteiger partial charge in [0.15, 0.2) is 0 Å². The predicted octanol–water partition coefficient (Wildman–Crippen LogP) is 2.47. The van der Waals surface area contributed by atoms with Crippen molar-refractivity contribution >= 4 is 17.6 Å². The molecule has 1 aromatic rings. The molecular formula is C10H14N2S. The van der Waals surface area contributed by atoms with Gasteiger partial charge in [0, 0.05) is 10.5 Å². The van der Waals surface area contributed by atoms with Crippen LogP contribution in [0.25, 0.3) is 0 Å². The van der Waals surface area contributed by atoms with Gasteiger partial charge in [0.1, 0.15) is 5.84 Å². The van der Waals surface area contributed by atoms with E-state index in [2.05, 4.69) is 6.92 Å². The highest BCUT2D eigenvalue weighted by Crippen LogP contribution is 2.18. The van der Waals surface area contributed by atoms with Gasteiger partial charge >= 0.3 is 0 Å². The van der Waals surface area contributed by atoms with Crippen molar-refractivity contribution in [3.05, 3.63) is 29.8 Å². The average Bonchev–Trinajstić information content (AvgIpc) is 2.15. The van der Waals surface area contributed by atoms with Gasteiger partial charge < -0.3 is 5.73 Å². The summed E-state index contributed by atoms with van der Waals surface area (Å²) in [6.07, 6.45) is 1.18. The molecule has 0 aliphatic carbocycles. The Kier molecular flexibility index (Phi) is 3.83. The average molecular weight is 194 g/mol. The smallest absolute Gasteiger partial charge is 0.122 e. The molecule has 0 atom stereocenters. The predicted molar refractivity (Wildman–Crippen MR) is 58.5 cm³/mol. The molecule has 0 spiro atoms. The van der Waals surface area contributed by atoms with Crippen molar-refractivity contribution in [2.45, 2.75) is 18.2 Å². The molecule has 13 heavy (non-hydrogen) atoms. The van der Waals surface area contributed by atoms with Crippen LogP contribution in [0.5, 0.6) is 0 Å². The second-order valence-electron chi connectivity index (χ2n) is 2.79. The number of amidine groups is 1. The third kappa shape index (κ3) is 3.11. The van der Waals surface area contributed by atoms with Crippen molar-refractivity contribution in [1.82, 2.24) is 0 Å². The van der Waals surface area contributed by atoms with Crippen LogP contribution >= 0.6 is 11.8 Å². The van der Waals surface area contributed by atoms with Gasteiger partial charge in [-0.15, -0.1) is 11.8 Å². The van der Waals surface area contributed by atoms with Crippen LogP contribution in [0.1, 0.15) is 18.9 Å². The lowest BCUT2D eigenvalue weighted by molar-refractivity contribution is 1.10. The van der Waals surface area contributed by atoms with Crippen LogP contribution in [0, 0.1) is 5.41 Å². The lowest BCUT2D eigenvalue weighted by Gasteiger charge is -2.01. The highest BCUT2D eigenvalue weighted by molar-refractivity contribution is 7.99. The fourth-order valence-electron chi connectivity index (χ4n) is 0.951. The van der Waals surface area contributed by atoms with E-state index in [1.54, 1.807) is 0 Å². The molecule has 0 heterocycles. The van der Waals surface area contributed by atoms with E-state index < -0.39 is 0 Å². The molecule has 0 aliphatic heterocycles. The number of thioether (sulfide) groups is 1. The molecule has 0 fully saturated rings. The molecule has 0 saturated heterocycles. The monoisotopic (exact) mass is 194 g/mol. The van der Waals surface area contributed by atoms with E-state index in [1.807, 2.05) is 36.0 Å². The summed E-state index contributed by atoms with van der Waals surface area (Å²) in [5.74, 6) is 1.27. The van der Waals surface area contributed by atoms with Gasteiger partial charge in [0.05, 0.1) is 0 Å². The summed E-state index contributed by atoms with van der Waals surface area (Å²) in [5, 5.41) is 7.21. The summed E-state index contributed by atoms with van der Waals surface area (Å²) in [7, 11) is 0. The van der Waals surface area contributed by atoms with Gasteiger partial charge in [0.2, 0.25) is 0 Å². The summed E-state index contributed by atoms with van der Waals surface area (Å²) >= 11 is 1.83. The maximum Gasteiger partial charge on any atom is 0.122 e. The molecule has 3 heteroatoms. The zero-order chi connectivity index (χ0) is 9.68. The molecule has 0 saturated carbocycles. The van der Waals surface area contributed by atoms with E-state index in [-0.39, 0.29) is 5.84 Å². The lowest BCUT2D eigenvalue weighted by Crippen LogP contribution is -2.10. The first-order valence-corrected chi connectivity index (χ1v) is 5.30. The van der Waals surface area contributed by atoms with Gasteiger partial charge in [-0.05, 0) is 24.3 Å². The topological polar surface area (TPSA) is 49.9 Å². The maximum atomic E-state index is 7.21. The van der Waals surface area contributed by atoms with E-state index in [9.17, 15) is 0 Å². The van der Waals surface area contributed by atoms with Crippen LogP contribution in [0.2, 0.25) is 0 Å². The summed E-state index contributed by atoms with van der Waals surface area (Å²) in [4.78, 5) is 1.24. The number of rotatable bonds is 4. The zero-order valence-electron chi connectivity index (χ0n) is 7.71. The standard InChI is InChI=1S/C10H14N2S/c1-2-7-13-9-5-3-8(4-6-9)10(11)12/h3-6H,2,7H2,1H3,(H3,11,12). The minimum absolute atomic E-state index is 0.132. The molecule has 0 amide bonds. The molecule has 1 rings (SSSR count). The van der Waals surface area contributed by atoms with Crippen molar-refractivity contribution in [1.29, 1.82) is 5.41 Å². The normalized spacial score (nSPS) is 9.92. The molecule has 70 valence electrons. The third-order valence-electron chi connectivity index (χ3n) is 1.64. The highest BCUT2D eigenvalue weighted by Gasteiger charge is 1.96. The molecule has 0 unspecified atom stereocenters. The molecule has 0 bridgehead atoms. The first kappa shape index (κ1) is 10.1. The van der Waals surface area contributed by atoms with Crippen molar-refractivity contribution in [2.24, 2.45) is 5.73 Å². The Morgan fingerprint density at radius 2 is 2.00 bits per heavy atom. The van der Waals surface area contributed by atoms with Gasteiger partial charge in [-0.2, -0.15) is 0 Å². The van der Waals surface area contributed by atoms with Crippen LogP contribution in [0.3, 0.4) is 0 Å². The molecule has 0 aliphatic rings. The van der Waals surface area contributed by atoms with Gasteiger partial charge in [-0.3, -0.25) is 5.41 Å². The molecule has 1 aromatic carbocycles. The number of nitrogens with two attached hydrogens (primary N) is 1. The minimum Gasteiger partial charge on any atom is -0.384 e. The SMILES string of the molecule is CCCSc1ccc(C(=N)N)cc1. The van der Waals surface area contributed by atoms with Crippen LogP contribution in [-0.4, -0.2) is 11.6 Å². The van der Waals surface area contributed by atoms with Crippen LogP contribution < -0.4 is 5.73 Å². The largest absolute Gasteiger partial charge is 0.384 e. The number of nitrogens with one attached hydrogen (secondary N) is 1. The Labute approximate surface area is 83.0 Å². The minimum atomic E-state index is 0.132. The van der Waals surface area contributed by atoms with Crippen molar-refractivity contribution in [3.8, 4) is 0 Å². The quantitative estimate of drug-likeness (QED) is 0.439. The summed E-state index contributed by atoms with van der Waals surface area (Å²) in [5.41, 5.74) is 6.13. The second kappa shape index (κ2) is 4.92. The first-order valence-electron chi connectivity index (χ1n) is 4.31. The number of nitrogen functional groups attached to an aromatic ring is 1. The second-order valence-corrected chi connectivity index (χ2v) is 3.95. The van der Waals surface area contributed by atoms with Crippen LogP contribution in [0.15, 0.2) is 29.2 Å². The van der Waals surface area contributed by atoms with E-state index in [1.165, 1.54) is 11.3 Å². The molecule has 0 aromatic heterocycles. The Morgan fingerprint density at radius 1 is 1.38 bits per heavy atom. The van der Waals surface area contributed by atoms with E-state index in [4.69, 9.17) is 11.1 Å². The highest BCUT2D eigenvalue weighted by atomic mass is 32.2. The van der Waals surface area contributed by atoms with E-state index in [0.717, 1.165) is 11.3 Å². The summed E-state index contributed by atoms with van der Waals surface area (Å²) in [6.45, 7) is 2.16. The molecular weight excluding hydrogens is 180 g/mol. The number of hydrogen-bond acceptors (Lipinski definition) is 2. The fourth-order valence-corrected chi connectivity index (χ4v) is 1.72. The van der Waals surface area contributed by atoms with E-state index >= 15 is 0 Å². The fraction of sp³-hybridized carbons (Fsp3) is 0.300. The Bertz CT molecular complexity index is 279. The zero-order valence-corrected chi connectivity index (χ0v) is 8.53. The summed E-state index contributed by atoms with van der Waals surface area (Å²) in [6, 6.07) is 7.80.